The van der Waals surface area contributed by atoms with E-state index in [2.05, 4.69) is 41.8 Å². The number of hydrogen-bond donors (Lipinski definition) is 0. The Balaban J connectivity index is 2.27. The highest BCUT2D eigenvalue weighted by Crippen LogP contribution is 2.18. The van der Waals surface area contributed by atoms with Gasteiger partial charge in [-0.25, -0.2) is 0 Å². The third-order valence-electron chi connectivity index (χ3n) is 2.09. The number of hydrogen-bond acceptors (Lipinski definition) is 0. The first-order valence-electron chi connectivity index (χ1n) is 4.09. The molecule has 1 aliphatic heterocycles. The van der Waals surface area contributed by atoms with Crippen LogP contribution in [0, 0.1) is 0 Å². The molecule has 1 heterocycles. The van der Waals surface area contributed by atoms with Gasteiger partial charge in [0, 0.05) is 18.6 Å². The van der Waals surface area contributed by atoms with Gasteiger partial charge >= 0.3 is 0 Å². The Morgan fingerprint density at radius 3 is 2.55 bits per heavy atom. The molecule has 0 aromatic heterocycles. The minimum Gasteiger partial charge on any atom is -0.184 e. The fraction of sp³-hybridized carbons (Fsp3) is 0.300. The molecule has 0 N–H and O–H groups in total. The molecule has 1 aromatic carbocycles. The van der Waals surface area contributed by atoms with Crippen molar-refractivity contribution in [1.82, 2.24) is 0 Å². The van der Waals surface area contributed by atoms with Crippen molar-refractivity contribution in [3.8, 4) is 0 Å². The van der Waals surface area contributed by atoms with E-state index < -0.39 is 0 Å². The van der Waals surface area contributed by atoms with Gasteiger partial charge in [0.2, 0.25) is 17.9 Å². The van der Waals surface area contributed by atoms with Gasteiger partial charge in [-0.15, -0.1) is 0 Å². The van der Waals surface area contributed by atoms with Crippen LogP contribution in [0.3, 0.4) is 0 Å². The topological polar surface area (TPSA) is 3.01 Å². The molecule has 0 saturated heterocycles. The summed E-state index contributed by atoms with van der Waals surface area (Å²) < 4.78 is 2.35. The van der Waals surface area contributed by atoms with Crippen LogP contribution < -0.4 is 0 Å². The van der Waals surface area contributed by atoms with Crippen LogP contribution in [0.4, 0.5) is 5.69 Å². The van der Waals surface area contributed by atoms with Crippen molar-refractivity contribution in [1.29, 1.82) is 0 Å². The van der Waals surface area contributed by atoms with E-state index in [9.17, 15) is 0 Å². The van der Waals surface area contributed by atoms with Crippen LogP contribution >= 0.6 is 0 Å². The normalized spacial score (nSPS) is 15.4. The maximum Gasteiger partial charge on any atom is 0.228 e. The largest absolute Gasteiger partial charge is 0.228 e. The van der Waals surface area contributed by atoms with Gasteiger partial charge < -0.3 is 0 Å². The van der Waals surface area contributed by atoms with Crippen molar-refractivity contribution < 1.29 is 4.58 Å². The molecule has 1 aliphatic rings. The quantitative estimate of drug-likeness (QED) is 0.563. The minimum absolute atomic E-state index is 1.17. The number of benzene rings is 1. The summed E-state index contributed by atoms with van der Waals surface area (Å²) in [7, 11) is 0. The lowest BCUT2D eigenvalue weighted by Gasteiger charge is -1.83. The summed E-state index contributed by atoms with van der Waals surface area (Å²) in [5.74, 6) is 0. The first kappa shape index (κ1) is 6.59. The van der Waals surface area contributed by atoms with Gasteiger partial charge in [0.1, 0.15) is 0 Å². The van der Waals surface area contributed by atoms with Crippen LogP contribution in [0.2, 0.25) is 0 Å². The average molecular weight is 146 g/mol. The molecule has 1 heteroatoms. The highest BCUT2D eigenvalue weighted by atomic mass is 15.1. The molecule has 0 unspecified atom stereocenters. The SMILES string of the molecule is CCC1=[N+](c2ccccc2)C1. The van der Waals surface area contributed by atoms with Gasteiger partial charge in [0.15, 0.2) is 0 Å². The zero-order chi connectivity index (χ0) is 7.68. The lowest BCUT2D eigenvalue weighted by atomic mass is 10.3. The van der Waals surface area contributed by atoms with Crippen LogP contribution in [0.15, 0.2) is 30.3 Å². The second kappa shape index (κ2) is 2.50. The highest BCUT2D eigenvalue weighted by molar-refractivity contribution is 5.89. The van der Waals surface area contributed by atoms with Crippen LogP contribution in [-0.2, 0) is 0 Å². The zero-order valence-electron chi connectivity index (χ0n) is 6.75. The van der Waals surface area contributed by atoms with Gasteiger partial charge in [-0.2, -0.15) is 4.58 Å². The van der Waals surface area contributed by atoms with Crippen LogP contribution in [0.1, 0.15) is 13.3 Å². The number of nitrogens with zero attached hydrogens (tertiary/aromatic N) is 1. The Labute approximate surface area is 67.0 Å². The predicted molar refractivity (Wildman–Crippen MR) is 46.5 cm³/mol. The van der Waals surface area contributed by atoms with E-state index in [0.717, 1.165) is 0 Å². The van der Waals surface area contributed by atoms with E-state index in [0.29, 0.717) is 0 Å². The lowest BCUT2D eigenvalue weighted by Crippen LogP contribution is -1.78. The van der Waals surface area contributed by atoms with Crippen molar-refractivity contribution in [2.75, 3.05) is 6.54 Å². The Hall–Kier alpha value is -1.11. The highest BCUT2D eigenvalue weighted by Gasteiger charge is 2.32. The maximum absolute atomic E-state index is 2.35. The number of para-hydroxylation sites is 1. The Kier molecular flexibility index (Phi) is 1.50. The molecule has 0 bridgehead atoms. The summed E-state index contributed by atoms with van der Waals surface area (Å²) in [4.78, 5) is 0. The molecule has 11 heavy (non-hydrogen) atoms. The van der Waals surface area contributed by atoms with Gasteiger partial charge in [-0.05, 0) is 0 Å². The van der Waals surface area contributed by atoms with E-state index in [4.69, 9.17) is 0 Å². The van der Waals surface area contributed by atoms with Crippen molar-refractivity contribution in [2.24, 2.45) is 0 Å². The molecule has 0 aliphatic carbocycles. The third-order valence-corrected chi connectivity index (χ3v) is 2.09. The summed E-state index contributed by atoms with van der Waals surface area (Å²) in [5.41, 5.74) is 2.89. The van der Waals surface area contributed by atoms with Crippen molar-refractivity contribution in [3.05, 3.63) is 30.3 Å². The second-order valence-electron chi connectivity index (χ2n) is 2.84. The zero-order valence-corrected chi connectivity index (χ0v) is 6.75. The molecule has 0 atom stereocenters. The van der Waals surface area contributed by atoms with E-state index in [-0.39, 0.29) is 0 Å². The maximum atomic E-state index is 2.35. The summed E-state index contributed by atoms with van der Waals surface area (Å²) in [6.45, 7) is 3.37. The molecule has 0 radical (unpaired) electrons. The number of rotatable bonds is 2. The molecular weight excluding hydrogens is 134 g/mol. The van der Waals surface area contributed by atoms with Crippen LogP contribution in [-0.4, -0.2) is 16.8 Å². The van der Waals surface area contributed by atoms with Crippen LogP contribution in [0.25, 0.3) is 0 Å². The Morgan fingerprint density at radius 1 is 1.27 bits per heavy atom. The molecule has 0 spiro atoms. The fourth-order valence-electron chi connectivity index (χ4n) is 1.33. The van der Waals surface area contributed by atoms with Crippen molar-refractivity contribution >= 4 is 11.4 Å². The van der Waals surface area contributed by atoms with Crippen LogP contribution in [0.5, 0.6) is 0 Å². The summed E-state index contributed by atoms with van der Waals surface area (Å²) >= 11 is 0. The summed E-state index contributed by atoms with van der Waals surface area (Å²) in [6, 6.07) is 10.5. The standard InChI is InChI=1S/C10H12N/c1-2-9-8-11(9)10-6-4-3-5-7-10/h3-7H,2,8H2,1H3/q+1. The van der Waals surface area contributed by atoms with E-state index >= 15 is 0 Å². The first-order chi connectivity index (χ1) is 5.42. The van der Waals surface area contributed by atoms with E-state index in [1.807, 2.05) is 0 Å². The minimum atomic E-state index is 1.17. The molecular formula is C10H12N+. The van der Waals surface area contributed by atoms with Gasteiger partial charge in [-0.3, -0.25) is 0 Å². The summed E-state index contributed by atoms with van der Waals surface area (Å²) in [5, 5.41) is 0. The van der Waals surface area contributed by atoms with Crippen molar-refractivity contribution in [2.45, 2.75) is 13.3 Å². The smallest absolute Gasteiger partial charge is 0.184 e. The first-order valence-corrected chi connectivity index (χ1v) is 4.09. The average Bonchev–Trinajstić information content (AvgIpc) is 2.85. The second-order valence-corrected chi connectivity index (χ2v) is 2.84. The lowest BCUT2D eigenvalue weighted by molar-refractivity contribution is -0.342. The monoisotopic (exact) mass is 146 g/mol. The molecule has 2 rings (SSSR count). The Morgan fingerprint density at radius 2 is 2.00 bits per heavy atom. The molecule has 1 nitrogen and oxygen atoms in total. The predicted octanol–water partition coefficient (Wildman–Crippen LogP) is 2.20. The van der Waals surface area contributed by atoms with E-state index in [1.54, 1.807) is 5.71 Å². The molecule has 0 fully saturated rings. The van der Waals surface area contributed by atoms with Crippen molar-refractivity contribution in [3.63, 3.8) is 0 Å². The third kappa shape index (κ3) is 1.18. The van der Waals surface area contributed by atoms with Gasteiger partial charge in [0.25, 0.3) is 0 Å². The Bertz CT molecular complexity index is 285. The van der Waals surface area contributed by atoms with Gasteiger partial charge in [0.05, 0.1) is 0 Å². The molecule has 56 valence electrons. The molecule has 0 amide bonds. The molecule has 1 aromatic rings. The van der Waals surface area contributed by atoms with Gasteiger partial charge in [-0.1, -0.05) is 25.1 Å². The van der Waals surface area contributed by atoms with E-state index in [1.165, 1.54) is 18.7 Å². The summed E-state index contributed by atoms with van der Waals surface area (Å²) in [6.07, 6.45) is 1.19. The fourth-order valence-corrected chi connectivity index (χ4v) is 1.33. The molecule has 0 saturated carbocycles.